The van der Waals surface area contributed by atoms with Gasteiger partial charge >= 0.3 is 5.97 Å². The molecule has 0 aromatic heterocycles. The second-order valence-electron chi connectivity index (χ2n) is 6.30. The summed E-state index contributed by atoms with van der Waals surface area (Å²) in [6, 6.07) is 16.0. The summed E-state index contributed by atoms with van der Waals surface area (Å²) >= 11 is 0. The summed E-state index contributed by atoms with van der Waals surface area (Å²) in [5.74, 6) is 0.611. The van der Waals surface area contributed by atoms with E-state index in [9.17, 15) is 4.79 Å². The normalized spacial score (nSPS) is 15.0. The van der Waals surface area contributed by atoms with Crippen LogP contribution in [-0.4, -0.2) is 46.4 Å². The van der Waals surface area contributed by atoms with Crippen molar-refractivity contribution in [2.45, 2.75) is 6.54 Å². The molecule has 1 aliphatic rings. The number of esters is 1. The first-order valence-corrected chi connectivity index (χ1v) is 8.59. The van der Waals surface area contributed by atoms with Crippen LogP contribution in [-0.2, 0) is 11.3 Å². The van der Waals surface area contributed by atoms with Crippen molar-refractivity contribution in [3.8, 4) is 5.75 Å². The Morgan fingerprint density at radius 2 is 1.80 bits per heavy atom. The molecule has 0 radical (unpaired) electrons. The third kappa shape index (κ3) is 4.31. The van der Waals surface area contributed by atoms with E-state index in [4.69, 9.17) is 9.47 Å². The van der Waals surface area contributed by atoms with Crippen LogP contribution in [0.25, 0.3) is 0 Å². The summed E-state index contributed by atoms with van der Waals surface area (Å²) in [6.07, 6.45) is 0. The zero-order valence-electron chi connectivity index (χ0n) is 14.8. The topological polar surface area (TPSA) is 43.2 Å². The van der Waals surface area contributed by atoms with E-state index in [-0.39, 0.29) is 5.97 Å². The lowest BCUT2D eigenvalue weighted by molar-refractivity contribution is -0.914. The number of nitrogens with one attached hydrogen (secondary N) is 1. The van der Waals surface area contributed by atoms with E-state index in [0.717, 1.165) is 38.5 Å². The number of carbonyl (C=O) groups excluding carboxylic acids is 1. The van der Waals surface area contributed by atoms with Gasteiger partial charge in [0, 0.05) is 11.3 Å². The number of hydrogen-bond donors (Lipinski definition) is 1. The number of quaternary nitrogens is 1. The minimum Gasteiger partial charge on any atom is -0.497 e. The van der Waals surface area contributed by atoms with E-state index in [0.29, 0.717) is 5.56 Å². The van der Waals surface area contributed by atoms with Gasteiger partial charge in [0.1, 0.15) is 12.3 Å². The fraction of sp³-hybridized carbons (Fsp3) is 0.350. The molecule has 1 fully saturated rings. The minimum absolute atomic E-state index is 0.277. The van der Waals surface area contributed by atoms with Gasteiger partial charge in [-0.05, 0) is 36.4 Å². The van der Waals surface area contributed by atoms with Crippen molar-refractivity contribution in [1.29, 1.82) is 0 Å². The molecule has 0 amide bonds. The molecule has 0 aliphatic carbocycles. The molecule has 0 atom stereocenters. The maximum absolute atomic E-state index is 11.7. The van der Waals surface area contributed by atoms with Gasteiger partial charge in [-0.3, -0.25) is 0 Å². The fourth-order valence-electron chi connectivity index (χ4n) is 3.27. The van der Waals surface area contributed by atoms with E-state index < -0.39 is 0 Å². The lowest BCUT2D eigenvalue weighted by Gasteiger charge is -2.33. The summed E-state index contributed by atoms with van der Waals surface area (Å²) in [5, 5.41) is 0. The summed E-state index contributed by atoms with van der Waals surface area (Å²) in [6.45, 7) is 5.14. The quantitative estimate of drug-likeness (QED) is 0.835. The zero-order valence-corrected chi connectivity index (χ0v) is 14.8. The average Bonchev–Trinajstić information content (AvgIpc) is 2.68. The molecule has 1 saturated heterocycles. The summed E-state index contributed by atoms with van der Waals surface area (Å²) in [7, 11) is 3.10. The summed E-state index contributed by atoms with van der Waals surface area (Å²) < 4.78 is 10.0. The fourth-order valence-corrected chi connectivity index (χ4v) is 3.27. The van der Waals surface area contributed by atoms with Gasteiger partial charge in [-0.25, -0.2) is 4.79 Å². The van der Waals surface area contributed by atoms with Crippen molar-refractivity contribution in [2.24, 2.45) is 0 Å². The first-order chi connectivity index (χ1) is 12.2. The van der Waals surface area contributed by atoms with E-state index in [1.165, 1.54) is 23.3 Å². The van der Waals surface area contributed by atoms with Crippen LogP contribution in [0.3, 0.4) is 0 Å². The molecular weight excluding hydrogens is 316 g/mol. The molecule has 1 N–H and O–H groups in total. The number of benzene rings is 2. The van der Waals surface area contributed by atoms with Crippen molar-refractivity contribution in [1.82, 2.24) is 0 Å². The highest BCUT2D eigenvalue weighted by Gasteiger charge is 2.20. The number of anilines is 1. The molecule has 0 unspecified atom stereocenters. The van der Waals surface area contributed by atoms with Crippen molar-refractivity contribution in [3.63, 3.8) is 0 Å². The van der Waals surface area contributed by atoms with Crippen molar-refractivity contribution in [3.05, 3.63) is 59.7 Å². The molecule has 3 rings (SSSR count). The SMILES string of the molecule is COC(=O)c1cccc(C[NH+]2CCN(c3ccc(OC)cc3)CC2)c1. The van der Waals surface area contributed by atoms with Gasteiger partial charge in [-0.15, -0.1) is 0 Å². The predicted octanol–water partition coefficient (Wildman–Crippen LogP) is 1.39. The van der Waals surface area contributed by atoms with Crippen LogP contribution in [0.15, 0.2) is 48.5 Å². The number of hydrogen-bond acceptors (Lipinski definition) is 4. The maximum atomic E-state index is 11.7. The van der Waals surface area contributed by atoms with Gasteiger partial charge in [0.2, 0.25) is 0 Å². The molecule has 25 heavy (non-hydrogen) atoms. The number of nitrogens with zero attached hydrogens (tertiary/aromatic N) is 1. The van der Waals surface area contributed by atoms with Gasteiger partial charge in [0.15, 0.2) is 0 Å². The average molecular weight is 341 g/mol. The van der Waals surface area contributed by atoms with Crippen LogP contribution < -0.4 is 14.5 Å². The van der Waals surface area contributed by atoms with E-state index in [1.54, 1.807) is 13.2 Å². The number of piperazine rings is 1. The van der Waals surface area contributed by atoms with Gasteiger partial charge in [-0.1, -0.05) is 12.1 Å². The molecule has 0 saturated carbocycles. The molecule has 5 nitrogen and oxygen atoms in total. The molecular formula is C20H25N2O3+. The van der Waals surface area contributed by atoms with Crippen LogP contribution in [0.1, 0.15) is 15.9 Å². The number of rotatable bonds is 5. The Kier molecular flexibility index (Phi) is 5.56. The van der Waals surface area contributed by atoms with Crippen LogP contribution in [0.2, 0.25) is 0 Å². The second-order valence-corrected chi connectivity index (χ2v) is 6.30. The van der Waals surface area contributed by atoms with Crippen molar-refractivity contribution in [2.75, 3.05) is 45.3 Å². The Morgan fingerprint density at radius 3 is 2.44 bits per heavy atom. The van der Waals surface area contributed by atoms with Crippen LogP contribution in [0.5, 0.6) is 5.75 Å². The zero-order chi connectivity index (χ0) is 17.6. The Hall–Kier alpha value is -2.53. The molecule has 5 heteroatoms. The van der Waals surface area contributed by atoms with Crippen molar-refractivity contribution >= 4 is 11.7 Å². The maximum Gasteiger partial charge on any atom is 0.337 e. The first kappa shape index (κ1) is 17.3. The molecule has 1 aliphatic heterocycles. The standard InChI is InChI=1S/C20H24N2O3/c1-24-19-8-6-18(7-9-19)22-12-10-21(11-13-22)15-16-4-3-5-17(14-16)20(23)25-2/h3-9,14H,10-13,15H2,1-2H3/p+1. The molecule has 0 bridgehead atoms. The monoisotopic (exact) mass is 341 g/mol. The van der Waals surface area contributed by atoms with Crippen LogP contribution in [0, 0.1) is 0 Å². The summed E-state index contributed by atoms with van der Waals surface area (Å²) in [5.41, 5.74) is 3.04. The van der Waals surface area contributed by atoms with Crippen LogP contribution in [0.4, 0.5) is 5.69 Å². The van der Waals surface area contributed by atoms with Crippen molar-refractivity contribution < 1.29 is 19.2 Å². The smallest absolute Gasteiger partial charge is 0.337 e. The minimum atomic E-state index is -0.277. The lowest BCUT2D eigenvalue weighted by atomic mass is 10.1. The number of carbonyl (C=O) groups is 1. The van der Waals surface area contributed by atoms with E-state index in [1.807, 2.05) is 24.3 Å². The number of ether oxygens (including phenoxy) is 2. The lowest BCUT2D eigenvalue weighted by Crippen LogP contribution is -3.13. The first-order valence-electron chi connectivity index (χ1n) is 8.59. The van der Waals surface area contributed by atoms with E-state index >= 15 is 0 Å². The highest BCUT2D eigenvalue weighted by molar-refractivity contribution is 5.89. The Morgan fingerprint density at radius 1 is 1.08 bits per heavy atom. The third-order valence-corrected chi connectivity index (χ3v) is 4.71. The predicted molar refractivity (Wildman–Crippen MR) is 97.4 cm³/mol. The summed E-state index contributed by atoms with van der Waals surface area (Å²) in [4.78, 5) is 15.6. The second kappa shape index (κ2) is 8.03. The highest BCUT2D eigenvalue weighted by Crippen LogP contribution is 2.19. The Balaban J connectivity index is 1.56. The van der Waals surface area contributed by atoms with Gasteiger partial charge in [-0.2, -0.15) is 0 Å². The largest absolute Gasteiger partial charge is 0.497 e. The number of methoxy groups -OCH3 is 2. The van der Waals surface area contributed by atoms with Crippen LogP contribution >= 0.6 is 0 Å². The van der Waals surface area contributed by atoms with Gasteiger partial charge in [0.25, 0.3) is 0 Å². The molecule has 132 valence electrons. The molecule has 2 aromatic rings. The molecule has 0 spiro atoms. The Labute approximate surface area is 148 Å². The molecule has 2 aromatic carbocycles. The van der Waals surface area contributed by atoms with E-state index in [2.05, 4.69) is 23.1 Å². The van der Waals surface area contributed by atoms with Gasteiger partial charge < -0.3 is 19.3 Å². The molecule has 1 heterocycles. The van der Waals surface area contributed by atoms with Gasteiger partial charge in [0.05, 0.1) is 46.0 Å². The third-order valence-electron chi connectivity index (χ3n) is 4.71. The Bertz CT molecular complexity index is 707. The highest BCUT2D eigenvalue weighted by atomic mass is 16.5.